The molecule has 14 rings (SSSR count). The molecular formula is C66H46N2S2. The van der Waals surface area contributed by atoms with E-state index in [9.17, 15) is 0 Å². The molecule has 4 heteroatoms. The Morgan fingerprint density at radius 2 is 0.714 bits per heavy atom. The Morgan fingerprint density at radius 1 is 0.314 bits per heavy atom. The van der Waals surface area contributed by atoms with Gasteiger partial charge in [0.15, 0.2) is 0 Å². The first-order valence-electron chi connectivity index (χ1n) is 24.5. The zero-order valence-electron chi connectivity index (χ0n) is 38.5. The molecule has 0 radical (unpaired) electrons. The fourth-order valence-electron chi connectivity index (χ4n) is 11.3. The molecule has 2 aliphatic heterocycles. The molecule has 0 N–H and O–H groups in total. The smallest absolute Gasteiger partial charge is 0.0540 e. The predicted octanol–water partition coefficient (Wildman–Crippen LogP) is 19.5. The van der Waals surface area contributed by atoms with E-state index < -0.39 is 0 Å². The highest BCUT2D eigenvalue weighted by molar-refractivity contribution is 8.00. The fraction of sp³-hybridized carbons (Fsp3) is 0.0606. The third kappa shape index (κ3) is 6.81. The van der Waals surface area contributed by atoms with Crippen LogP contribution in [0.5, 0.6) is 0 Å². The summed E-state index contributed by atoms with van der Waals surface area (Å²) in [6, 6.07) is 72.5. The number of para-hydroxylation sites is 2. The van der Waals surface area contributed by atoms with Crippen LogP contribution >= 0.6 is 23.5 Å². The molecule has 2 aliphatic carbocycles. The standard InChI is InChI=1S/C66H46N2S2/c1-5-17-45(18-6-1)67(46-19-7-2-8-20-46)59-37-35-49(51-25-13-15-27-53(51)59)43-29-31-55-57-33-34-58-56-32-30-44(42-64(56)70-62-40-39-61(65(57)66(58)62)69-63(55)41-43)50-36-38-60(54-28-16-14-26-52(50)54)68(47-21-9-3-10-22-47)48-23-11-4-12-24-48/h1,3,5-7,9-11,13-42H,2,4,8,12H2. The third-order valence-corrected chi connectivity index (χ3v) is 16.7. The molecule has 2 nitrogen and oxygen atoms in total. The molecule has 332 valence electrons. The van der Waals surface area contributed by atoms with Crippen LogP contribution in [0.15, 0.2) is 262 Å². The number of hydrogen-bond donors (Lipinski definition) is 0. The van der Waals surface area contributed by atoms with E-state index >= 15 is 0 Å². The van der Waals surface area contributed by atoms with Crippen LogP contribution in [0.25, 0.3) is 76.8 Å². The van der Waals surface area contributed by atoms with E-state index in [-0.39, 0.29) is 0 Å². The van der Waals surface area contributed by atoms with Gasteiger partial charge in [-0.05, 0) is 154 Å². The molecule has 0 bridgehead atoms. The highest BCUT2D eigenvalue weighted by Crippen LogP contribution is 2.57. The van der Waals surface area contributed by atoms with Gasteiger partial charge in [-0.3, -0.25) is 0 Å². The number of allylic oxidation sites excluding steroid dienone is 6. The SMILES string of the molecule is C1=CC(N(c2ccccc2)c2ccc(-c3ccc4c(c3)Sc3ccc5c6c(ccc-4c36)-c3ccc(-c4ccc(N(C6=CCCC=C6)c6ccccc6)c6ccccc46)cc3S5)c3ccccc23)=CCC1. The monoisotopic (exact) mass is 930 g/mol. The molecular weight excluding hydrogens is 885 g/mol. The van der Waals surface area contributed by atoms with E-state index in [2.05, 4.69) is 240 Å². The second kappa shape index (κ2) is 17.0. The minimum atomic E-state index is 1.05. The van der Waals surface area contributed by atoms with Crippen molar-refractivity contribution in [2.75, 3.05) is 9.80 Å². The van der Waals surface area contributed by atoms with Crippen molar-refractivity contribution < 1.29 is 0 Å². The van der Waals surface area contributed by atoms with Gasteiger partial charge in [0.2, 0.25) is 0 Å². The van der Waals surface area contributed by atoms with Crippen LogP contribution in [0.2, 0.25) is 0 Å². The molecule has 0 unspecified atom stereocenters. The number of hydrogen-bond acceptors (Lipinski definition) is 4. The lowest BCUT2D eigenvalue weighted by atomic mass is 9.89. The summed E-state index contributed by atoms with van der Waals surface area (Å²) in [7, 11) is 0. The molecule has 0 fully saturated rings. The zero-order chi connectivity index (χ0) is 46.1. The summed E-state index contributed by atoms with van der Waals surface area (Å²) in [5, 5.41) is 7.74. The van der Waals surface area contributed by atoms with E-state index in [4.69, 9.17) is 0 Å². The van der Waals surface area contributed by atoms with E-state index in [1.807, 2.05) is 23.5 Å². The minimum Gasteiger partial charge on any atom is -0.310 e. The maximum atomic E-state index is 2.43. The van der Waals surface area contributed by atoms with Gasteiger partial charge in [0.25, 0.3) is 0 Å². The first-order valence-corrected chi connectivity index (χ1v) is 26.1. The van der Waals surface area contributed by atoms with Crippen LogP contribution in [-0.4, -0.2) is 0 Å². The summed E-state index contributed by atoms with van der Waals surface area (Å²) in [6.07, 6.45) is 18.1. The third-order valence-electron chi connectivity index (χ3n) is 14.5. The minimum absolute atomic E-state index is 1.05. The number of fused-ring (bicyclic) bond motifs is 6. The number of benzene rings is 10. The van der Waals surface area contributed by atoms with Crippen molar-refractivity contribution in [1.29, 1.82) is 0 Å². The molecule has 0 aromatic heterocycles. The summed E-state index contributed by atoms with van der Waals surface area (Å²) in [5.74, 6) is 0. The van der Waals surface area contributed by atoms with Gasteiger partial charge in [-0.15, -0.1) is 0 Å². The highest BCUT2D eigenvalue weighted by atomic mass is 32.2. The van der Waals surface area contributed by atoms with Gasteiger partial charge in [0, 0.05) is 63.9 Å². The van der Waals surface area contributed by atoms with Crippen molar-refractivity contribution >= 4 is 78.6 Å². The van der Waals surface area contributed by atoms with E-state index in [1.54, 1.807) is 0 Å². The molecule has 4 aliphatic rings. The van der Waals surface area contributed by atoms with Crippen LogP contribution in [0, 0.1) is 0 Å². The molecule has 0 saturated heterocycles. The van der Waals surface area contributed by atoms with Crippen molar-refractivity contribution in [3.63, 3.8) is 0 Å². The number of rotatable bonds is 8. The lowest BCUT2D eigenvalue weighted by Gasteiger charge is -2.29. The number of anilines is 4. The molecule has 0 saturated carbocycles. The second-order valence-electron chi connectivity index (χ2n) is 18.5. The van der Waals surface area contributed by atoms with Gasteiger partial charge >= 0.3 is 0 Å². The topological polar surface area (TPSA) is 6.48 Å². The Hall–Kier alpha value is -7.76. The summed E-state index contributed by atoms with van der Waals surface area (Å²) in [4.78, 5) is 10.1. The summed E-state index contributed by atoms with van der Waals surface area (Å²) in [6.45, 7) is 0. The highest BCUT2D eigenvalue weighted by Gasteiger charge is 2.28. The normalized spacial score (nSPS) is 14.3. The first kappa shape index (κ1) is 41.2. The largest absolute Gasteiger partial charge is 0.310 e. The van der Waals surface area contributed by atoms with Crippen molar-refractivity contribution in [3.8, 4) is 44.5 Å². The van der Waals surface area contributed by atoms with Gasteiger partial charge in [-0.2, -0.15) is 0 Å². The fourth-order valence-corrected chi connectivity index (χ4v) is 13.6. The van der Waals surface area contributed by atoms with Crippen LogP contribution in [0.3, 0.4) is 0 Å². The van der Waals surface area contributed by atoms with Crippen molar-refractivity contribution in [3.05, 3.63) is 242 Å². The Morgan fingerprint density at radius 3 is 1.14 bits per heavy atom. The lowest BCUT2D eigenvalue weighted by Crippen LogP contribution is -2.16. The van der Waals surface area contributed by atoms with Crippen LogP contribution in [0.4, 0.5) is 22.7 Å². The van der Waals surface area contributed by atoms with E-state index in [0.29, 0.717) is 0 Å². The summed E-state index contributed by atoms with van der Waals surface area (Å²) in [5.41, 5.74) is 17.4. The Labute approximate surface area is 417 Å². The first-order chi connectivity index (χ1) is 34.7. The maximum Gasteiger partial charge on any atom is 0.0540 e. The molecule has 0 atom stereocenters. The van der Waals surface area contributed by atoms with Gasteiger partial charge in [0.05, 0.1) is 11.4 Å². The van der Waals surface area contributed by atoms with Crippen LogP contribution in [0.1, 0.15) is 25.7 Å². The summed E-state index contributed by atoms with van der Waals surface area (Å²) >= 11 is 3.83. The molecule has 2 heterocycles. The average molecular weight is 931 g/mol. The molecule has 70 heavy (non-hydrogen) atoms. The lowest BCUT2D eigenvalue weighted by molar-refractivity contribution is 0.998. The van der Waals surface area contributed by atoms with Crippen molar-refractivity contribution in [1.82, 2.24) is 0 Å². The molecule has 10 aromatic carbocycles. The average Bonchev–Trinajstić information content (AvgIpc) is 3.43. The Bertz CT molecular complexity index is 3640. The molecule has 0 amide bonds. The van der Waals surface area contributed by atoms with Crippen LogP contribution in [-0.2, 0) is 0 Å². The van der Waals surface area contributed by atoms with Gasteiger partial charge < -0.3 is 9.80 Å². The van der Waals surface area contributed by atoms with Gasteiger partial charge in [-0.25, -0.2) is 0 Å². The maximum absolute atomic E-state index is 2.43. The Kier molecular flexibility index (Phi) is 10.0. The van der Waals surface area contributed by atoms with Crippen molar-refractivity contribution in [2.45, 2.75) is 45.3 Å². The van der Waals surface area contributed by atoms with E-state index in [1.165, 1.54) is 131 Å². The van der Waals surface area contributed by atoms with Gasteiger partial charge in [0.1, 0.15) is 0 Å². The zero-order valence-corrected chi connectivity index (χ0v) is 40.1. The quantitative estimate of drug-likeness (QED) is 0.150. The number of nitrogens with zero attached hydrogens (tertiary/aromatic N) is 2. The second-order valence-corrected chi connectivity index (χ2v) is 20.7. The van der Waals surface area contributed by atoms with Gasteiger partial charge in [-0.1, -0.05) is 181 Å². The molecule has 0 spiro atoms. The summed E-state index contributed by atoms with van der Waals surface area (Å²) < 4.78 is 0. The Balaban J connectivity index is 0.821. The predicted molar refractivity (Wildman–Crippen MR) is 299 cm³/mol. The van der Waals surface area contributed by atoms with E-state index in [0.717, 1.165) is 25.7 Å². The van der Waals surface area contributed by atoms with Crippen LogP contribution < -0.4 is 9.80 Å². The molecule has 10 aromatic rings. The van der Waals surface area contributed by atoms with Crippen molar-refractivity contribution in [2.24, 2.45) is 0 Å².